The van der Waals surface area contributed by atoms with Gasteiger partial charge >= 0.3 is 5.97 Å². The number of hydrogen-bond acceptors (Lipinski definition) is 4. The number of carbonyl (C=O) groups excluding carboxylic acids is 1. The van der Waals surface area contributed by atoms with E-state index in [1.165, 1.54) is 23.9 Å². The number of thioether (sulfide) groups is 1. The molecule has 0 bridgehead atoms. The number of carbonyl (C=O) groups is 2. The van der Waals surface area contributed by atoms with Crippen molar-refractivity contribution in [3.63, 3.8) is 0 Å². The summed E-state index contributed by atoms with van der Waals surface area (Å²) in [4.78, 5) is 27.9. The lowest BCUT2D eigenvalue weighted by Gasteiger charge is -2.14. The van der Waals surface area contributed by atoms with E-state index in [-0.39, 0.29) is 5.82 Å². The summed E-state index contributed by atoms with van der Waals surface area (Å²) in [6.45, 7) is 0.545. The van der Waals surface area contributed by atoms with Crippen molar-refractivity contribution in [1.82, 2.24) is 14.9 Å². The number of hydrogen-bond donors (Lipinski definition) is 2. The Kier molecular flexibility index (Phi) is 8.21. The Balaban J connectivity index is 1.79. The smallest absolute Gasteiger partial charge is 0.326 e. The largest absolute Gasteiger partial charge is 0.480 e. The number of aromatic nitrogens is 2. The molecule has 0 aliphatic carbocycles. The molecular formula is C24H24FN3O3S. The lowest BCUT2D eigenvalue weighted by molar-refractivity contribution is -0.139. The van der Waals surface area contributed by atoms with Gasteiger partial charge in [0.1, 0.15) is 11.9 Å². The molecule has 0 fully saturated rings. The van der Waals surface area contributed by atoms with Crippen molar-refractivity contribution < 1.29 is 19.1 Å². The van der Waals surface area contributed by atoms with Crippen molar-refractivity contribution in [3.05, 3.63) is 89.8 Å². The molecule has 166 valence electrons. The minimum Gasteiger partial charge on any atom is -0.480 e. The van der Waals surface area contributed by atoms with Crippen molar-refractivity contribution >= 4 is 35.3 Å². The quantitative estimate of drug-likeness (QED) is 0.450. The third kappa shape index (κ3) is 6.55. The number of aliphatic carboxylic acids is 1. The lowest BCUT2D eigenvalue weighted by Crippen LogP contribution is -2.41. The van der Waals surface area contributed by atoms with Gasteiger partial charge in [0.05, 0.1) is 6.33 Å². The van der Waals surface area contributed by atoms with Crippen LogP contribution in [0.1, 0.15) is 27.9 Å². The molecule has 2 N–H and O–H groups in total. The number of imidazole rings is 1. The van der Waals surface area contributed by atoms with Gasteiger partial charge in [-0.3, -0.25) is 4.79 Å². The van der Waals surface area contributed by atoms with Gasteiger partial charge in [0.2, 0.25) is 0 Å². The first kappa shape index (κ1) is 23.3. The van der Waals surface area contributed by atoms with Crippen LogP contribution in [0.3, 0.4) is 0 Å². The Hall–Kier alpha value is -3.39. The average molecular weight is 454 g/mol. The Morgan fingerprint density at radius 3 is 2.44 bits per heavy atom. The van der Waals surface area contributed by atoms with E-state index in [1.807, 2.05) is 23.1 Å². The van der Waals surface area contributed by atoms with Crippen LogP contribution in [0.2, 0.25) is 0 Å². The van der Waals surface area contributed by atoms with Crippen LogP contribution in [-0.2, 0) is 11.3 Å². The van der Waals surface area contributed by atoms with Crippen molar-refractivity contribution in [2.45, 2.75) is 19.0 Å². The van der Waals surface area contributed by atoms with Crippen LogP contribution in [0.4, 0.5) is 4.39 Å². The molecule has 0 saturated carbocycles. The summed E-state index contributed by atoms with van der Waals surface area (Å²) in [7, 11) is 0. The van der Waals surface area contributed by atoms with Gasteiger partial charge in [-0.1, -0.05) is 24.3 Å². The fourth-order valence-corrected chi connectivity index (χ4v) is 3.60. The van der Waals surface area contributed by atoms with Crippen LogP contribution in [0.5, 0.6) is 0 Å². The predicted octanol–water partition coefficient (Wildman–Crippen LogP) is 4.20. The van der Waals surface area contributed by atoms with Crippen molar-refractivity contribution in [3.8, 4) is 0 Å². The highest BCUT2D eigenvalue weighted by molar-refractivity contribution is 7.98. The fraction of sp³-hybridized carbons (Fsp3) is 0.208. The molecule has 1 amide bonds. The second kappa shape index (κ2) is 11.3. The van der Waals surface area contributed by atoms with E-state index in [0.29, 0.717) is 24.3 Å². The van der Waals surface area contributed by atoms with E-state index >= 15 is 0 Å². The number of amides is 1. The average Bonchev–Trinajstić information content (AvgIpc) is 3.30. The minimum absolute atomic E-state index is 0.303. The fourth-order valence-electron chi connectivity index (χ4n) is 3.13. The first-order valence-electron chi connectivity index (χ1n) is 10.0. The molecule has 1 unspecified atom stereocenters. The summed E-state index contributed by atoms with van der Waals surface area (Å²) in [5.41, 5.74) is 3.07. The molecule has 1 atom stereocenters. The molecule has 32 heavy (non-hydrogen) atoms. The van der Waals surface area contributed by atoms with E-state index < -0.39 is 17.9 Å². The second-order valence-corrected chi connectivity index (χ2v) is 8.16. The van der Waals surface area contributed by atoms with E-state index in [9.17, 15) is 19.1 Å². The summed E-state index contributed by atoms with van der Waals surface area (Å²) in [5, 5.41) is 11.9. The SMILES string of the molecule is CSCCC(NC(=O)c1ccc(/C=C(\Cn2ccnc2)c2ccc(F)cc2)cc1)C(=O)O. The molecule has 3 aromatic rings. The van der Waals surface area contributed by atoms with E-state index in [0.717, 1.165) is 16.7 Å². The molecule has 6 nitrogen and oxygen atoms in total. The zero-order valence-corrected chi connectivity index (χ0v) is 18.4. The maximum absolute atomic E-state index is 13.4. The van der Waals surface area contributed by atoms with Crippen LogP contribution >= 0.6 is 11.8 Å². The molecular weight excluding hydrogens is 429 g/mol. The number of carboxylic acid groups (broad SMARTS) is 1. The molecule has 0 aliphatic rings. The van der Waals surface area contributed by atoms with Gasteiger partial charge in [0, 0.05) is 24.5 Å². The minimum atomic E-state index is -1.05. The summed E-state index contributed by atoms with van der Waals surface area (Å²) in [5.74, 6) is -1.13. The first-order chi connectivity index (χ1) is 15.5. The molecule has 1 heterocycles. The topological polar surface area (TPSA) is 84.2 Å². The van der Waals surface area contributed by atoms with Crippen LogP contribution in [0.15, 0.2) is 67.3 Å². The van der Waals surface area contributed by atoms with E-state index in [1.54, 1.807) is 48.9 Å². The second-order valence-electron chi connectivity index (χ2n) is 7.18. The highest BCUT2D eigenvalue weighted by Gasteiger charge is 2.20. The van der Waals surface area contributed by atoms with Gasteiger partial charge in [0.25, 0.3) is 5.91 Å². The normalized spacial score (nSPS) is 12.4. The molecule has 0 saturated heterocycles. The van der Waals surface area contributed by atoms with E-state index in [2.05, 4.69) is 10.3 Å². The van der Waals surface area contributed by atoms with Gasteiger partial charge in [0.15, 0.2) is 0 Å². The zero-order valence-electron chi connectivity index (χ0n) is 17.6. The third-order valence-electron chi connectivity index (χ3n) is 4.85. The number of allylic oxidation sites excluding steroid dienone is 1. The molecule has 1 aromatic heterocycles. The number of nitrogens with zero attached hydrogens (tertiary/aromatic N) is 2. The highest BCUT2D eigenvalue weighted by Crippen LogP contribution is 2.21. The van der Waals surface area contributed by atoms with Crippen LogP contribution in [0, 0.1) is 5.82 Å². The van der Waals surface area contributed by atoms with Crippen molar-refractivity contribution in [2.75, 3.05) is 12.0 Å². The van der Waals surface area contributed by atoms with Gasteiger partial charge in [-0.15, -0.1) is 0 Å². The summed E-state index contributed by atoms with van der Waals surface area (Å²) >= 11 is 1.53. The van der Waals surface area contributed by atoms with Crippen molar-refractivity contribution in [2.24, 2.45) is 0 Å². The number of halogens is 1. The monoisotopic (exact) mass is 453 g/mol. The Bertz CT molecular complexity index is 1060. The van der Waals surface area contributed by atoms with Gasteiger partial charge in [-0.25, -0.2) is 14.2 Å². The van der Waals surface area contributed by atoms with Gasteiger partial charge < -0.3 is 15.0 Å². The molecule has 2 aromatic carbocycles. The van der Waals surface area contributed by atoms with Crippen LogP contribution in [0.25, 0.3) is 11.6 Å². The molecule has 3 rings (SSSR count). The number of rotatable bonds is 10. The maximum atomic E-state index is 13.4. The lowest BCUT2D eigenvalue weighted by atomic mass is 10.0. The highest BCUT2D eigenvalue weighted by atomic mass is 32.2. The number of nitrogens with one attached hydrogen (secondary N) is 1. The van der Waals surface area contributed by atoms with Crippen molar-refractivity contribution in [1.29, 1.82) is 0 Å². The molecule has 8 heteroatoms. The third-order valence-corrected chi connectivity index (χ3v) is 5.50. The van der Waals surface area contributed by atoms with E-state index in [4.69, 9.17) is 0 Å². The maximum Gasteiger partial charge on any atom is 0.326 e. The molecule has 0 aliphatic heterocycles. The van der Waals surface area contributed by atoms with Crippen LogP contribution in [-0.4, -0.2) is 44.6 Å². The standard InChI is InChI=1S/C24H24FN3O3S/c1-32-13-10-22(24(30)31)27-23(29)19-4-2-17(3-5-19)14-20(15-28-12-11-26-16-28)18-6-8-21(25)9-7-18/h2-9,11-12,14,16,22H,10,13,15H2,1H3,(H,27,29)(H,30,31)/b20-14+. The van der Waals surface area contributed by atoms with Gasteiger partial charge in [-0.05, 0) is 65.5 Å². The molecule has 0 spiro atoms. The Morgan fingerprint density at radius 2 is 1.84 bits per heavy atom. The Morgan fingerprint density at radius 1 is 1.16 bits per heavy atom. The van der Waals surface area contributed by atoms with Gasteiger partial charge in [-0.2, -0.15) is 11.8 Å². The molecule has 0 radical (unpaired) electrons. The number of carboxylic acids is 1. The zero-order chi connectivity index (χ0) is 22.9. The Labute approximate surface area is 190 Å². The van der Waals surface area contributed by atoms with Crippen LogP contribution < -0.4 is 5.32 Å². The number of benzene rings is 2. The first-order valence-corrected chi connectivity index (χ1v) is 11.4. The summed E-state index contributed by atoms with van der Waals surface area (Å²) < 4.78 is 15.3. The predicted molar refractivity (Wildman–Crippen MR) is 125 cm³/mol. The summed E-state index contributed by atoms with van der Waals surface area (Å²) in [6.07, 6.45) is 9.46. The summed E-state index contributed by atoms with van der Waals surface area (Å²) in [6, 6.07) is 12.3.